The van der Waals surface area contributed by atoms with Gasteiger partial charge in [0.1, 0.15) is 5.82 Å². The van der Waals surface area contributed by atoms with Gasteiger partial charge in [-0.25, -0.2) is 4.98 Å². The summed E-state index contributed by atoms with van der Waals surface area (Å²) >= 11 is 0. The van der Waals surface area contributed by atoms with Crippen LogP contribution in [-0.2, 0) is 6.54 Å². The van der Waals surface area contributed by atoms with Crippen molar-refractivity contribution in [2.45, 2.75) is 57.0 Å². The normalized spacial score (nSPS) is 22.4. The van der Waals surface area contributed by atoms with Gasteiger partial charge in [-0.15, -0.1) is 0 Å². The van der Waals surface area contributed by atoms with Crippen molar-refractivity contribution in [3.8, 4) is 0 Å². The summed E-state index contributed by atoms with van der Waals surface area (Å²) in [5.74, 6) is 2.67. The number of aromatic nitrogens is 3. The van der Waals surface area contributed by atoms with Gasteiger partial charge in [0.15, 0.2) is 5.82 Å². The molecule has 2 N–H and O–H groups in total. The lowest BCUT2D eigenvalue weighted by molar-refractivity contribution is 0.654. The number of hydrogen-bond donors (Lipinski definition) is 2. The Morgan fingerprint density at radius 3 is 2.73 bits per heavy atom. The van der Waals surface area contributed by atoms with Gasteiger partial charge in [-0.2, -0.15) is 5.10 Å². The van der Waals surface area contributed by atoms with Gasteiger partial charge in [0, 0.05) is 12.0 Å². The van der Waals surface area contributed by atoms with E-state index in [1.807, 2.05) is 0 Å². The van der Waals surface area contributed by atoms with Crippen molar-refractivity contribution in [2.24, 2.45) is 0 Å². The summed E-state index contributed by atoms with van der Waals surface area (Å²) in [5, 5.41) is 10.8. The van der Waals surface area contributed by atoms with Crippen LogP contribution in [0.3, 0.4) is 0 Å². The highest BCUT2D eigenvalue weighted by molar-refractivity contribution is 5.00. The van der Waals surface area contributed by atoms with E-state index >= 15 is 0 Å². The molecule has 15 heavy (non-hydrogen) atoms. The smallest absolute Gasteiger partial charge is 0.153 e. The van der Waals surface area contributed by atoms with E-state index in [0.29, 0.717) is 5.92 Å². The molecule has 0 atom stereocenters. The quantitative estimate of drug-likeness (QED) is 0.788. The first kappa shape index (κ1) is 9.33. The third kappa shape index (κ3) is 2.20. The summed E-state index contributed by atoms with van der Waals surface area (Å²) in [6.07, 6.45) is 7.87. The fourth-order valence-corrected chi connectivity index (χ4v) is 2.28. The molecule has 0 aliphatic heterocycles. The Labute approximate surface area is 89.9 Å². The largest absolute Gasteiger partial charge is 0.307 e. The van der Waals surface area contributed by atoms with Gasteiger partial charge in [-0.1, -0.05) is 12.8 Å². The molecule has 3 rings (SSSR count). The molecule has 1 aromatic rings. The average Bonchev–Trinajstić information content (AvgIpc) is 2.78. The first-order valence-corrected chi connectivity index (χ1v) is 6.06. The second-order valence-electron chi connectivity index (χ2n) is 4.78. The maximum atomic E-state index is 4.56. The minimum atomic E-state index is 0.621. The number of H-pyrrole nitrogens is 1. The molecule has 4 heteroatoms. The minimum absolute atomic E-state index is 0.621. The van der Waals surface area contributed by atoms with E-state index in [2.05, 4.69) is 20.5 Å². The molecule has 2 fully saturated rings. The number of nitrogens with zero attached hydrogens (tertiary/aromatic N) is 2. The highest BCUT2D eigenvalue weighted by atomic mass is 15.2. The summed E-state index contributed by atoms with van der Waals surface area (Å²) in [7, 11) is 0. The molecule has 1 aromatic heterocycles. The molecular formula is C11H18N4. The molecule has 82 valence electrons. The topological polar surface area (TPSA) is 53.6 Å². The summed E-state index contributed by atoms with van der Waals surface area (Å²) < 4.78 is 0. The van der Waals surface area contributed by atoms with Crippen LogP contribution in [0.4, 0.5) is 0 Å². The van der Waals surface area contributed by atoms with E-state index < -0.39 is 0 Å². The highest BCUT2D eigenvalue weighted by Gasteiger charge is 2.23. The first-order chi connectivity index (χ1) is 7.42. The van der Waals surface area contributed by atoms with Crippen molar-refractivity contribution >= 4 is 0 Å². The lowest BCUT2D eigenvalue weighted by atomic mass is 10.1. The van der Waals surface area contributed by atoms with E-state index in [1.54, 1.807) is 0 Å². The zero-order chi connectivity index (χ0) is 10.1. The molecule has 2 saturated carbocycles. The average molecular weight is 206 g/mol. The van der Waals surface area contributed by atoms with Gasteiger partial charge in [0.25, 0.3) is 0 Å². The molecule has 0 saturated heterocycles. The summed E-state index contributed by atoms with van der Waals surface area (Å²) in [5.41, 5.74) is 0. The monoisotopic (exact) mass is 206 g/mol. The number of rotatable bonds is 4. The van der Waals surface area contributed by atoms with Crippen molar-refractivity contribution in [3.63, 3.8) is 0 Å². The molecule has 0 aromatic carbocycles. The number of hydrogen-bond acceptors (Lipinski definition) is 3. The highest BCUT2D eigenvalue weighted by Crippen LogP contribution is 2.31. The molecule has 0 unspecified atom stereocenters. The molecular weight excluding hydrogens is 188 g/mol. The van der Waals surface area contributed by atoms with Crippen LogP contribution in [-0.4, -0.2) is 21.2 Å². The maximum absolute atomic E-state index is 4.56. The SMILES string of the molecule is C1CCC(c2n[nH]c(CNC3CC3)n2)C1. The Morgan fingerprint density at radius 2 is 2.00 bits per heavy atom. The van der Waals surface area contributed by atoms with Crippen LogP contribution in [0.2, 0.25) is 0 Å². The van der Waals surface area contributed by atoms with Crippen molar-refractivity contribution < 1.29 is 0 Å². The van der Waals surface area contributed by atoms with E-state index in [-0.39, 0.29) is 0 Å². The number of nitrogens with one attached hydrogen (secondary N) is 2. The Hall–Kier alpha value is -0.900. The van der Waals surface area contributed by atoms with Gasteiger partial charge < -0.3 is 5.32 Å². The molecule has 4 nitrogen and oxygen atoms in total. The lowest BCUT2D eigenvalue weighted by Gasteiger charge is -2.01. The van der Waals surface area contributed by atoms with Crippen LogP contribution >= 0.6 is 0 Å². The van der Waals surface area contributed by atoms with Crippen molar-refractivity contribution in [3.05, 3.63) is 11.6 Å². The second kappa shape index (κ2) is 3.93. The lowest BCUT2D eigenvalue weighted by Crippen LogP contribution is -2.16. The zero-order valence-electron chi connectivity index (χ0n) is 9.00. The molecule has 2 aliphatic carbocycles. The van der Waals surface area contributed by atoms with Crippen LogP contribution in [0.5, 0.6) is 0 Å². The van der Waals surface area contributed by atoms with Crippen molar-refractivity contribution in [1.82, 2.24) is 20.5 Å². The van der Waals surface area contributed by atoms with Crippen LogP contribution in [0.25, 0.3) is 0 Å². The summed E-state index contributed by atoms with van der Waals surface area (Å²) in [6.45, 7) is 0.852. The predicted molar refractivity (Wildman–Crippen MR) is 57.5 cm³/mol. The van der Waals surface area contributed by atoms with Crippen molar-refractivity contribution in [1.29, 1.82) is 0 Å². The van der Waals surface area contributed by atoms with E-state index in [1.165, 1.54) is 38.5 Å². The fraction of sp³-hybridized carbons (Fsp3) is 0.818. The fourth-order valence-electron chi connectivity index (χ4n) is 2.28. The van der Waals surface area contributed by atoms with Gasteiger partial charge in [0.05, 0.1) is 6.54 Å². The number of aromatic amines is 1. The first-order valence-electron chi connectivity index (χ1n) is 6.06. The van der Waals surface area contributed by atoms with Crippen LogP contribution in [0, 0.1) is 0 Å². The van der Waals surface area contributed by atoms with Crippen molar-refractivity contribution in [2.75, 3.05) is 0 Å². The zero-order valence-corrected chi connectivity index (χ0v) is 9.00. The third-order valence-corrected chi connectivity index (χ3v) is 3.40. The Morgan fingerprint density at radius 1 is 1.20 bits per heavy atom. The molecule has 0 bridgehead atoms. The van der Waals surface area contributed by atoms with Gasteiger partial charge in [-0.05, 0) is 25.7 Å². The van der Waals surface area contributed by atoms with Gasteiger partial charge >= 0.3 is 0 Å². The minimum Gasteiger partial charge on any atom is -0.307 e. The third-order valence-electron chi connectivity index (χ3n) is 3.40. The molecule has 2 aliphatic rings. The second-order valence-corrected chi connectivity index (χ2v) is 4.78. The van der Waals surface area contributed by atoms with Crippen LogP contribution in [0.1, 0.15) is 56.1 Å². The van der Waals surface area contributed by atoms with Gasteiger partial charge in [-0.3, -0.25) is 5.10 Å². The van der Waals surface area contributed by atoms with Gasteiger partial charge in [0.2, 0.25) is 0 Å². The van der Waals surface area contributed by atoms with E-state index in [0.717, 1.165) is 24.2 Å². The molecule has 0 radical (unpaired) electrons. The Bertz CT molecular complexity index is 323. The summed E-state index contributed by atoms with van der Waals surface area (Å²) in [4.78, 5) is 4.56. The Balaban J connectivity index is 1.59. The van der Waals surface area contributed by atoms with Crippen LogP contribution < -0.4 is 5.32 Å². The molecule has 0 amide bonds. The van der Waals surface area contributed by atoms with Crippen LogP contribution in [0.15, 0.2) is 0 Å². The maximum Gasteiger partial charge on any atom is 0.153 e. The summed E-state index contributed by atoms with van der Waals surface area (Å²) in [6, 6.07) is 0.741. The molecule has 1 heterocycles. The van der Waals surface area contributed by atoms with E-state index in [4.69, 9.17) is 0 Å². The molecule has 0 spiro atoms. The van der Waals surface area contributed by atoms with E-state index in [9.17, 15) is 0 Å². The standard InChI is InChI=1S/C11H18N4/c1-2-4-8(3-1)11-13-10(14-15-11)7-12-9-5-6-9/h8-9,12H,1-7H2,(H,13,14,15). The Kier molecular flexibility index (Phi) is 2.44. The predicted octanol–water partition coefficient (Wildman–Crippen LogP) is 1.71.